The second kappa shape index (κ2) is 10.8. The lowest BCUT2D eigenvalue weighted by atomic mass is 9.87. The number of hydrogen-bond acceptors (Lipinski definition) is 4. The number of aryl methyl sites for hydroxylation is 2. The summed E-state index contributed by atoms with van der Waals surface area (Å²) >= 11 is 0. The Morgan fingerprint density at radius 2 is 1.53 bits per heavy atom. The third kappa shape index (κ3) is 5.87. The third-order valence-corrected chi connectivity index (χ3v) is 7.84. The van der Waals surface area contributed by atoms with Gasteiger partial charge in [0.05, 0.1) is 6.42 Å². The van der Waals surface area contributed by atoms with E-state index in [1.807, 2.05) is 18.7 Å². The second-order valence-electron chi connectivity index (χ2n) is 10.3. The lowest BCUT2D eigenvalue weighted by Gasteiger charge is -2.24. The number of amides is 2. The van der Waals surface area contributed by atoms with Gasteiger partial charge in [0.25, 0.3) is 0 Å². The third-order valence-electron chi connectivity index (χ3n) is 7.84. The molecule has 0 aromatic carbocycles. The first-order chi connectivity index (χ1) is 15.5. The van der Waals surface area contributed by atoms with Crippen molar-refractivity contribution >= 4 is 11.8 Å². The molecule has 2 heterocycles. The van der Waals surface area contributed by atoms with Crippen LogP contribution in [0.25, 0.3) is 0 Å². The fourth-order valence-corrected chi connectivity index (χ4v) is 5.85. The van der Waals surface area contributed by atoms with Crippen molar-refractivity contribution in [3.63, 3.8) is 0 Å². The van der Waals surface area contributed by atoms with Crippen molar-refractivity contribution in [2.75, 3.05) is 13.1 Å². The van der Waals surface area contributed by atoms with Crippen LogP contribution in [-0.4, -0.2) is 45.8 Å². The van der Waals surface area contributed by atoms with Gasteiger partial charge in [-0.25, -0.2) is 9.97 Å². The van der Waals surface area contributed by atoms with Crippen molar-refractivity contribution < 1.29 is 9.59 Å². The van der Waals surface area contributed by atoms with Gasteiger partial charge in [0.1, 0.15) is 5.82 Å². The molecule has 1 aromatic heterocycles. The van der Waals surface area contributed by atoms with Gasteiger partial charge in [0, 0.05) is 48.4 Å². The normalized spacial score (nSPS) is 22.8. The van der Waals surface area contributed by atoms with Crippen molar-refractivity contribution in [2.45, 2.75) is 109 Å². The quantitative estimate of drug-likeness (QED) is 0.713. The predicted octanol–water partition coefficient (Wildman–Crippen LogP) is 4.37. The molecule has 1 N–H and O–H groups in total. The molecule has 4 rings (SSSR count). The number of aromatic nitrogens is 2. The molecule has 1 atom stereocenters. The van der Waals surface area contributed by atoms with Gasteiger partial charge in [0.2, 0.25) is 11.8 Å². The number of rotatable bonds is 6. The number of likely N-dealkylation sites (tertiary alicyclic amines) is 1. The Morgan fingerprint density at radius 1 is 0.906 bits per heavy atom. The van der Waals surface area contributed by atoms with Crippen molar-refractivity contribution in [2.24, 2.45) is 5.92 Å². The summed E-state index contributed by atoms with van der Waals surface area (Å²) in [6.07, 6.45) is 14.2. The summed E-state index contributed by atoms with van der Waals surface area (Å²) in [6, 6.07) is 0.327. The molecule has 2 saturated carbocycles. The van der Waals surface area contributed by atoms with Gasteiger partial charge in [-0.2, -0.15) is 0 Å². The van der Waals surface area contributed by atoms with Gasteiger partial charge in [-0.05, 0) is 51.9 Å². The highest BCUT2D eigenvalue weighted by atomic mass is 16.2. The van der Waals surface area contributed by atoms with Crippen LogP contribution >= 0.6 is 0 Å². The lowest BCUT2D eigenvalue weighted by Crippen LogP contribution is -2.37. The van der Waals surface area contributed by atoms with Gasteiger partial charge in [-0.15, -0.1) is 0 Å². The van der Waals surface area contributed by atoms with E-state index in [0.717, 1.165) is 55.1 Å². The largest absolute Gasteiger partial charge is 0.353 e. The Morgan fingerprint density at radius 3 is 2.19 bits per heavy atom. The first-order valence-corrected chi connectivity index (χ1v) is 12.9. The van der Waals surface area contributed by atoms with Crippen LogP contribution in [0.4, 0.5) is 0 Å². The Bertz CT molecular complexity index is 789. The maximum absolute atomic E-state index is 12.8. The highest BCUT2D eigenvalue weighted by Gasteiger charge is 2.31. The van der Waals surface area contributed by atoms with Gasteiger partial charge >= 0.3 is 0 Å². The molecule has 0 radical (unpaired) electrons. The van der Waals surface area contributed by atoms with Crippen molar-refractivity contribution in [3.8, 4) is 0 Å². The van der Waals surface area contributed by atoms with E-state index < -0.39 is 0 Å². The molecule has 3 aliphatic rings. The highest BCUT2D eigenvalue weighted by molar-refractivity contribution is 5.79. The Kier molecular flexibility index (Phi) is 7.80. The van der Waals surface area contributed by atoms with Gasteiger partial charge in [-0.3, -0.25) is 9.59 Å². The molecule has 0 spiro atoms. The fourth-order valence-electron chi connectivity index (χ4n) is 5.85. The molecule has 6 heteroatoms. The molecule has 1 unspecified atom stereocenters. The van der Waals surface area contributed by atoms with E-state index >= 15 is 0 Å². The summed E-state index contributed by atoms with van der Waals surface area (Å²) in [5.41, 5.74) is 2.75. The van der Waals surface area contributed by atoms with E-state index in [9.17, 15) is 9.59 Å². The average molecular weight is 441 g/mol. The molecule has 32 heavy (non-hydrogen) atoms. The Hall–Kier alpha value is -1.98. The van der Waals surface area contributed by atoms with E-state index in [-0.39, 0.29) is 11.8 Å². The molecule has 0 bridgehead atoms. The number of nitrogens with one attached hydrogen (secondary N) is 1. The van der Waals surface area contributed by atoms with Gasteiger partial charge < -0.3 is 10.2 Å². The zero-order valence-electron chi connectivity index (χ0n) is 20.0. The SMILES string of the molecule is Cc1nc(C2CCN(C(=O)CC3CCCCC3)C2)nc(C)c1CC(=O)NC1CCCCC1. The van der Waals surface area contributed by atoms with Crippen molar-refractivity contribution in [1.29, 1.82) is 0 Å². The standard InChI is InChI=1S/C26H40N4O2/c1-18-23(16-24(31)29-22-11-7-4-8-12-22)19(2)28-26(27-18)21-13-14-30(17-21)25(32)15-20-9-5-3-6-10-20/h20-22H,3-17H2,1-2H3,(H,29,31). The molecule has 1 aromatic rings. The van der Waals surface area contributed by atoms with Crippen LogP contribution in [0.3, 0.4) is 0 Å². The minimum Gasteiger partial charge on any atom is -0.353 e. The molecule has 1 aliphatic heterocycles. The second-order valence-corrected chi connectivity index (χ2v) is 10.3. The predicted molar refractivity (Wildman–Crippen MR) is 125 cm³/mol. The molecule has 6 nitrogen and oxygen atoms in total. The van der Waals surface area contributed by atoms with Crippen molar-refractivity contribution in [3.05, 3.63) is 22.8 Å². The lowest BCUT2D eigenvalue weighted by molar-refractivity contribution is -0.131. The van der Waals surface area contributed by atoms with Crippen LogP contribution < -0.4 is 5.32 Å². The first kappa shape index (κ1) is 23.2. The minimum atomic E-state index is 0.0831. The maximum Gasteiger partial charge on any atom is 0.224 e. The molecule has 3 fully saturated rings. The topological polar surface area (TPSA) is 75.2 Å². The van der Waals surface area contributed by atoms with E-state index in [1.54, 1.807) is 0 Å². The summed E-state index contributed by atoms with van der Waals surface area (Å²) in [7, 11) is 0. The summed E-state index contributed by atoms with van der Waals surface area (Å²) in [4.78, 5) is 37.0. The van der Waals surface area contributed by atoms with Crippen molar-refractivity contribution in [1.82, 2.24) is 20.2 Å². The number of hydrogen-bond donors (Lipinski definition) is 1. The molecule has 2 aliphatic carbocycles. The van der Waals surface area contributed by atoms with E-state index in [1.165, 1.54) is 51.4 Å². The average Bonchev–Trinajstić information content (AvgIpc) is 3.28. The van der Waals surface area contributed by atoms with Crippen LogP contribution in [0.15, 0.2) is 0 Å². The fraction of sp³-hybridized carbons (Fsp3) is 0.769. The van der Waals surface area contributed by atoms with Gasteiger partial charge in [0.15, 0.2) is 0 Å². The summed E-state index contributed by atoms with van der Waals surface area (Å²) in [5.74, 6) is 2.01. The summed E-state index contributed by atoms with van der Waals surface area (Å²) < 4.78 is 0. The highest BCUT2D eigenvalue weighted by Crippen LogP contribution is 2.30. The number of carbonyl (C=O) groups excluding carboxylic acids is 2. The first-order valence-electron chi connectivity index (χ1n) is 12.9. The zero-order chi connectivity index (χ0) is 22.5. The summed E-state index contributed by atoms with van der Waals surface area (Å²) in [5, 5.41) is 3.20. The monoisotopic (exact) mass is 440 g/mol. The number of nitrogens with zero attached hydrogens (tertiary/aromatic N) is 3. The van der Waals surface area contributed by atoms with Crippen LogP contribution in [0.5, 0.6) is 0 Å². The molecular formula is C26H40N4O2. The summed E-state index contributed by atoms with van der Waals surface area (Å²) in [6.45, 7) is 5.51. The van der Waals surface area contributed by atoms with Crippen LogP contribution in [0.2, 0.25) is 0 Å². The van der Waals surface area contributed by atoms with Gasteiger partial charge in [-0.1, -0.05) is 38.5 Å². The maximum atomic E-state index is 12.8. The van der Waals surface area contributed by atoms with Crippen LogP contribution in [0, 0.1) is 19.8 Å². The number of carbonyl (C=O) groups is 2. The smallest absolute Gasteiger partial charge is 0.224 e. The van der Waals surface area contributed by atoms with E-state index in [2.05, 4.69) is 5.32 Å². The molecule has 1 saturated heterocycles. The Balaban J connectivity index is 1.33. The molecule has 176 valence electrons. The van der Waals surface area contributed by atoms with E-state index in [4.69, 9.17) is 9.97 Å². The Labute approximate surface area is 193 Å². The van der Waals surface area contributed by atoms with E-state index in [0.29, 0.717) is 30.7 Å². The van der Waals surface area contributed by atoms with Crippen LogP contribution in [0.1, 0.15) is 106 Å². The zero-order valence-corrected chi connectivity index (χ0v) is 20.0. The molecular weight excluding hydrogens is 400 g/mol. The molecule has 2 amide bonds. The van der Waals surface area contributed by atoms with Crippen LogP contribution in [-0.2, 0) is 16.0 Å². The minimum absolute atomic E-state index is 0.0831.